The molecule has 140 valence electrons. The summed E-state index contributed by atoms with van der Waals surface area (Å²) in [7, 11) is 0. The minimum atomic E-state index is -0.868. The molecular formula is C17H21FN4O4. The number of nitrogens with zero attached hydrogens (tertiary/aromatic N) is 3. The molecule has 0 aliphatic rings. The van der Waals surface area contributed by atoms with Crippen LogP contribution in [0.25, 0.3) is 0 Å². The number of amides is 1. The third kappa shape index (κ3) is 3.98. The van der Waals surface area contributed by atoms with Crippen LogP contribution in [-0.4, -0.2) is 26.7 Å². The van der Waals surface area contributed by atoms with E-state index in [1.165, 1.54) is 10.7 Å². The van der Waals surface area contributed by atoms with Gasteiger partial charge in [0, 0.05) is 24.2 Å². The van der Waals surface area contributed by atoms with Crippen molar-refractivity contribution in [2.75, 3.05) is 0 Å². The molecule has 1 amide bonds. The smallest absolute Gasteiger partial charge is 0.272 e. The lowest BCUT2D eigenvalue weighted by molar-refractivity contribution is -0.385. The molecule has 8 nitrogen and oxygen atoms in total. The highest BCUT2D eigenvalue weighted by Gasteiger charge is 2.23. The van der Waals surface area contributed by atoms with Crippen LogP contribution in [0, 0.1) is 22.9 Å². The standard InChI is InChI=1S/C17H21FN4O4/c1-5-10(3)19-16(23)15-11(4)17(21(6-2)20-15)26-14-8-7-12(22(24)25)9-13(14)18/h7-10H,5-6H2,1-4H3,(H,19,23)/t10-/m1/s1. The normalized spacial score (nSPS) is 11.9. The Morgan fingerprint density at radius 1 is 1.46 bits per heavy atom. The van der Waals surface area contributed by atoms with Gasteiger partial charge in [0.15, 0.2) is 17.3 Å². The minimum absolute atomic E-state index is 0.00911. The molecule has 0 aliphatic carbocycles. The molecule has 2 rings (SSSR count). The van der Waals surface area contributed by atoms with Crippen molar-refractivity contribution < 1.29 is 18.8 Å². The molecule has 26 heavy (non-hydrogen) atoms. The van der Waals surface area contributed by atoms with Gasteiger partial charge in [0.2, 0.25) is 5.88 Å². The Morgan fingerprint density at radius 2 is 2.15 bits per heavy atom. The quantitative estimate of drug-likeness (QED) is 0.598. The number of hydrogen-bond acceptors (Lipinski definition) is 5. The molecule has 1 aromatic heterocycles. The van der Waals surface area contributed by atoms with Crippen LogP contribution in [0.5, 0.6) is 11.6 Å². The van der Waals surface area contributed by atoms with Crippen molar-refractivity contribution in [3.05, 3.63) is 45.4 Å². The lowest BCUT2D eigenvalue weighted by Gasteiger charge is -2.10. The first-order valence-corrected chi connectivity index (χ1v) is 8.28. The molecule has 0 saturated carbocycles. The van der Waals surface area contributed by atoms with Crippen molar-refractivity contribution in [1.82, 2.24) is 15.1 Å². The molecular weight excluding hydrogens is 343 g/mol. The highest BCUT2D eigenvalue weighted by molar-refractivity contribution is 5.94. The van der Waals surface area contributed by atoms with E-state index in [9.17, 15) is 19.3 Å². The third-order valence-corrected chi connectivity index (χ3v) is 3.97. The van der Waals surface area contributed by atoms with Gasteiger partial charge in [-0.2, -0.15) is 5.10 Å². The van der Waals surface area contributed by atoms with Crippen LogP contribution in [-0.2, 0) is 6.54 Å². The van der Waals surface area contributed by atoms with Crippen LogP contribution in [0.3, 0.4) is 0 Å². The van der Waals surface area contributed by atoms with Gasteiger partial charge in [-0.05, 0) is 33.3 Å². The summed E-state index contributed by atoms with van der Waals surface area (Å²) in [5.74, 6) is -1.16. The highest BCUT2D eigenvalue weighted by atomic mass is 19.1. The Bertz CT molecular complexity index is 834. The van der Waals surface area contributed by atoms with Gasteiger partial charge in [0.25, 0.3) is 11.6 Å². The van der Waals surface area contributed by atoms with E-state index in [4.69, 9.17) is 4.74 Å². The summed E-state index contributed by atoms with van der Waals surface area (Å²) in [4.78, 5) is 22.4. The summed E-state index contributed by atoms with van der Waals surface area (Å²) in [5, 5.41) is 17.8. The molecule has 2 aromatic rings. The largest absolute Gasteiger partial charge is 0.436 e. The van der Waals surface area contributed by atoms with Crippen molar-refractivity contribution in [3.8, 4) is 11.6 Å². The molecule has 9 heteroatoms. The fourth-order valence-electron chi connectivity index (χ4n) is 2.28. The summed E-state index contributed by atoms with van der Waals surface area (Å²) >= 11 is 0. The maximum atomic E-state index is 14.1. The molecule has 0 unspecified atom stereocenters. The minimum Gasteiger partial charge on any atom is -0.436 e. The van der Waals surface area contributed by atoms with Gasteiger partial charge in [-0.25, -0.2) is 9.07 Å². The second-order valence-electron chi connectivity index (χ2n) is 5.85. The van der Waals surface area contributed by atoms with Gasteiger partial charge in [0.05, 0.1) is 11.0 Å². The van der Waals surface area contributed by atoms with Crippen LogP contribution < -0.4 is 10.1 Å². The first-order chi connectivity index (χ1) is 12.3. The number of nitro benzene ring substituents is 1. The number of nitro groups is 1. The number of hydrogen-bond donors (Lipinski definition) is 1. The van der Waals surface area contributed by atoms with Gasteiger partial charge >= 0.3 is 0 Å². The number of carbonyl (C=O) groups excluding carboxylic acids is 1. The number of carbonyl (C=O) groups is 1. The average Bonchev–Trinajstić information content (AvgIpc) is 2.92. The molecule has 0 aliphatic heterocycles. The zero-order chi connectivity index (χ0) is 19.4. The van der Waals surface area contributed by atoms with Crippen LogP contribution >= 0.6 is 0 Å². The van der Waals surface area contributed by atoms with E-state index in [0.29, 0.717) is 12.1 Å². The Balaban J connectivity index is 2.35. The zero-order valence-electron chi connectivity index (χ0n) is 15.1. The lowest BCUT2D eigenvalue weighted by Crippen LogP contribution is -2.32. The maximum Gasteiger partial charge on any atom is 0.272 e. The van der Waals surface area contributed by atoms with Crippen molar-refractivity contribution in [3.63, 3.8) is 0 Å². The molecule has 0 bridgehead atoms. The number of benzene rings is 1. The number of aromatic nitrogens is 2. The van der Waals surface area contributed by atoms with Crippen LogP contribution in [0.15, 0.2) is 18.2 Å². The number of rotatable bonds is 7. The van der Waals surface area contributed by atoms with E-state index in [1.54, 1.807) is 6.92 Å². The van der Waals surface area contributed by atoms with E-state index in [-0.39, 0.29) is 35.0 Å². The van der Waals surface area contributed by atoms with E-state index < -0.39 is 10.7 Å². The zero-order valence-corrected chi connectivity index (χ0v) is 15.1. The Morgan fingerprint density at radius 3 is 2.69 bits per heavy atom. The lowest BCUT2D eigenvalue weighted by atomic mass is 10.2. The predicted molar refractivity (Wildman–Crippen MR) is 93.0 cm³/mol. The number of ether oxygens (including phenoxy) is 1. The van der Waals surface area contributed by atoms with E-state index in [1.807, 2.05) is 20.8 Å². The summed E-state index contributed by atoms with van der Waals surface area (Å²) in [6, 6.07) is 3.11. The molecule has 0 spiro atoms. The van der Waals surface area contributed by atoms with Gasteiger partial charge in [-0.3, -0.25) is 14.9 Å². The van der Waals surface area contributed by atoms with Gasteiger partial charge in [-0.15, -0.1) is 0 Å². The van der Waals surface area contributed by atoms with Gasteiger partial charge in [-0.1, -0.05) is 6.92 Å². The molecule has 0 fully saturated rings. The van der Waals surface area contributed by atoms with Crippen molar-refractivity contribution >= 4 is 11.6 Å². The monoisotopic (exact) mass is 364 g/mol. The van der Waals surface area contributed by atoms with Crippen molar-refractivity contribution in [2.45, 2.75) is 46.7 Å². The van der Waals surface area contributed by atoms with Crippen molar-refractivity contribution in [2.24, 2.45) is 0 Å². The first-order valence-electron chi connectivity index (χ1n) is 8.28. The molecule has 0 saturated heterocycles. The fraction of sp³-hybridized carbons (Fsp3) is 0.412. The topological polar surface area (TPSA) is 99.3 Å². The molecule has 1 N–H and O–H groups in total. The Hall–Kier alpha value is -2.97. The summed E-state index contributed by atoms with van der Waals surface area (Å²) < 4.78 is 21.1. The van der Waals surface area contributed by atoms with E-state index in [2.05, 4.69) is 10.4 Å². The number of non-ortho nitro benzene ring substituents is 1. The number of nitrogens with one attached hydrogen (secondary N) is 1. The average molecular weight is 364 g/mol. The van der Waals surface area contributed by atoms with Gasteiger partial charge < -0.3 is 10.1 Å². The van der Waals surface area contributed by atoms with E-state index >= 15 is 0 Å². The Labute approximate surface area is 150 Å². The Kier molecular flexibility index (Phi) is 5.91. The number of halogens is 1. The van der Waals surface area contributed by atoms with Crippen LogP contribution in [0.4, 0.5) is 10.1 Å². The summed E-state index contributed by atoms with van der Waals surface area (Å²) in [5.41, 5.74) is 0.291. The molecule has 1 aromatic carbocycles. The SMILES string of the molecule is CC[C@@H](C)NC(=O)c1nn(CC)c(Oc2ccc([N+](=O)[O-])cc2F)c1C. The molecule has 1 atom stereocenters. The van der Waals surface area contributed by atoms with E-state index in [0.717, 1.165) is 18.6 Å². The maximum absolute atomic E-state index is 14.1. The summed E-state index contributed by atoms with van der Waals surface area (Å²) in [6.07, 6.45) is 0.774. The third-order valence-electron chi connectivity index (χ3n) is 3.97. The molecule has 0 radical (unpaired) electrons. The second-order valence-corrected chi connectivity index (χ2v) is 5.85. The fourth-order valence-corrected chi connectivity index (χ4v) is 2.28. The van der Waals surface area contributed by atoms with Crippen molar-refractivity contribution in [1.29, 1.82) is 0 Å². The van der Waals surface area contributed by atoms with Crippen LogP contribution in [0.1, 0.15) is 43.2 Å². The first kappa shape index (κ1) is 19.4. The molecule has 1 heterocycles. The predicted octanol–water partition coefficient (Wildman–Crippen LogP) is 3.58. The number of aryl methyl sites for hydroxylation is 1. The summed E-state index contributed by atoms with van der Waals surface area (Å²) in [6.45, 7) is 7.70. The highest BCUT2D eigenvalue weighted by Crippen LogP contribution is 2.31. The second kappa shape index (κ2) is 7.94. The van der Waals surface area contributed by atoms with Crippen LogP contribution in [0.2, 0.25) is 0 Å². The van der Waals surface area contributed by atoms with Gasteiger partial charge in [0.1, 0.15) is 0 Å².